The Morgan fingerprint density at radius 3 is 2.60 bits per heavy atom. The number of pyridine rings is 1. The van der Waals surface area contributed by atoms with E-state index in [0.717, 1.165) is 5.39 Å². The van der Waals surface area contributed by atoms with Gasteiger partial charge in [0.2, 0.25) is 5.91 Å². The van der Waals surface area contributed by atoms with E-state index in [4.69, 9.17) is 11.6 Å². The molecule has 104 valence electrons. The van der Waals surface area contributed by atoms with E-state index in [0.29, 0.717) is 23.1 Å². The lowest BCUT2D eigenvalue weighted by Gasteiger charge is -2.17. The van der Waals surface area contributed by atoms with Gasteiger partial charge in [-0.2, -0.15) is 0 Å². The molecule has 0 unspecified atom stereocenters. The van der Waals surface area contributed by atoms with Gasteiger partial charge in [-0.15, -0.1) is 0 Å². The summed E-state index contributed by atoms with van der Waals surface area (Å²) in [4.78, 5) is 26.9. The highest BCUT2D eigenvalue weighted by Crippen LogP contribution is 2.24. The number of carbonyl (C=O) groups is 2. The molecule has 1 aromatic heterocycles. The molecular weight excluding hydrogens is 276 g/mol. The Balaban J connectivity index is 2.39. The number of aromatic nitrogens is 1. The smallest absolute Gasteiger partial charge is 0.229 e. The van der Waals surface area contributed by atoms with Gasteiger partial charge in [0, 0.05) is 16.5 Å². The molecule has 0 bridgehead atoms. The fourth-order valence-electron chi connectivity index (χ4n) is 1.64. The van der Waals surface area contributed by atoms with Gasteiger partial charge in [0.05, 0.1) is 11.1 Å². The van der Waals surface area contributed by atoms with E-state index in [2.05, 4.69) is 10.3 Å². The third-order valence-electron chi connectivity index (χ3n) is 2.86. The lowest BCUT2D eigenvalue weighted by molar-refractivity contribution is -0.123. The molecule has 0 saturated heterocycles. The number of rotatable bonds is 2. The minimum Gasteiger partial charge on any atom is -0.326 e. The number of hydrogen-bond donors (Lipinski definition) is 1. The van der Waals surface area contributed by atoms with Crippen LogP contribution in [-0.2, 0) is 4.79 Å². The van der Waals surface area contributed by atoms with E-state index in [-0.39, 0.29) is 11.1 Å². The first-order valence-electron chi connectivity index (χ1n) is 6.18. The second kappa shape index (κ2) is 5.21. The third-order valence-corrected chi connectivity index (χ3v) is 3.17. The molecule has 0 fully saturated rings. The van der Waals surface area contributed by atoms with Crippen molar-refractivity contribution in [3.63, 3.8) is 0 Å². The summed E-state index contributed by atoms with van der Waals surface area (Å²) in [5.41, 5.74) is 1.17. The number of nitrogens with zero attached hydrogens (tertiary/aromatic N) is 1. The molecule has 0 atom stereocenters. The third kappa shape index (κ3) is 2.96. The van der Waals surface area contributed by atoms with Crippen LogP contribution in [0.1, 0.15) is 31.1 Å². The fraction of sp³-hybridized carbons (Fsp3) is 0.267. The van der Waals surface area contributed by atoms with Crippen LogP contribution < -0.4 is 5.32 Å². The van der Waals surface area contributed by atoms with Crippen LogP contribution in [0.25, 0.3) is 10.9 Å². The standard InChI is InChI=1S/C15H15ClN2O2/c1-15(2,3)14(20)17-11-5-4-9-6-10(8-19)13(16)18-12(9)7-11/h4-8H,1-3H3,(H,17,20). The van der Waals surface area contributed by atoms with Gasteiger partial charge in [-0.3, -0.25) is 9.59 Å². The highest BCUT2D eigenvalue weighted by molar-refractivity contribution is 6.32. The number of nitrogens with one attached hydrogen (secondary N) is 1. The molecule has 1 amide bonds. The quantitative estimate of drug-likeness (QED) is 0.678. The zero-order chi connectivity index (χ0) is 14.9. The number of carbonyl (C=O) groups excluding carboxylic acids is 2. The molecule has 1 aromatic carbocycles. The van der Waals surface area contributed by atoms with Crippen molar-refractivity contribution in [1.82, 2.24) is 4.98 Å². The van der Waals surface area contributed by atoms with Gasteiger partial charge in [0.1, 0.15) is 5.15 Å². The summed E-state index contributed by atoms with van der Waals surface area (Å²) >= 11 is 5.90. The summed E-state index contributed by atoms with van der Waals surface area (Å²) in [6.45, 7) is 5.53. The topological polar surface area (TPSA) is 59.1 Å². The van der Waals surface area contributed by atoms with Crippen LogP contribution >= 0.6 is 11.6 Å². The van der Waals surface area contributed by atoms with Crippen molar-refractivity contribution in [3.05, 3.63) is 35.0 Å². The Morgan fingerprint density at radius 1 is 1.30 bits per heavy atom. The van der Waals surface area contributed by atoms with Crippen molar-refractivity contribution in [2.24, 2.45) is 5.41 Å². The maximum atomic E-state index is 11.9. The van der Waals surface area contributed by atoms with Gasteiger partial charge in [0.25, 0.3) is 0 Å². The van der Waals surface area contributed by atoms with Crippen LogP contribution in [0.4, 0.5) is 5.69 Å². The molecule has 2 aromatic rings. The molecular formula is C15H15ClN2O2. The highest BCUT2D eigenvalue weighted by atomic mass is 35.5. The first-order valence-corrected chi connectivity index (χ1v) is 6.56. The summed E-state index contributed by atoms with van der Waals surface area (Å²) in [6, 6.07) is 6.98. The Hall–Kier alpha value is -1.94. The lowest BCUT2D eigenvalue weighted by atomic mass is 9.95. The number of fused-ring (bicyclic) bond motifs is 1. The van der Waals surface area contributed by atoms with Gasteiger partial charge in [-0.1, -0.05) is 38.4 Å². The molecule has 0 aliphatic rings. The molecule has 0 spiro atoms. The SMILES string of the molecule is CC(C)(C)C(=O)Nc1ccc2cc(C=O)c(Cl)nc2c1. The zero-order valence-electron chi connectivity index (χ0n) is 11.5. The fourth-order valence-corrected chi connectivity index (χ4v) is 1.83. The van der Waals surface area contributed by atoms with Crippen LogP contribution in [0.5, 0.6) is 0 Å². The summed E-state index contributed by atoms with van der Waals surface area (Å²) in [6.07, 6.45) is 0.671. The van der Waals surface area contributed by atoms with Crippen LogP contribution in [0.3, 0.4) is 0 Å². The molecule has 0 aliphatic heterocycles. The van der Waals surface area contributed by atoms with Crippen molar-refractivity contribution in [2.75, 3.05) is 5.32 Å². The summed E-state index contributed by atoms with van der Waals surface area (Å²) in [5, 5.41) is 3.79. The zero-order valence-corrected chi connectivity index (χ0v) is 12.3. The first-order chi connectivity index (χ1) is 9.31. The number of amides is 1. The summed E-state index contributed by atoms with van der Waals surface area (Å²) in [7, 11) is 0. The first kappa shape index (κ1) is 14.5. The van der Waals surface area contributed by atoms with Gasteiger partial charge in [0.15, 0.2) is 6.29 Å². The van der Waals surface area contributed by atoms with E-state index in [1.807, 2.05) is 20.8 Å². The molecule has 2 rings (SSSR count). The largest absolute Gasteiger partial charge is 0.326 e. The van der Waals surface area contributed by atoms with Crippen LogP contribution in [0.2, 0.25) is 5.15 Å². The van der Waals surface area contributed by atoms with Crippen LogP contribution in [0, 0.1) is 5.41 Å². The predicted molar refractivity (Wildman–Crippen MR) is 80.2 cm³/mol. The normalized spacial score (nSPS) is 11.4. The summed E-state index contributed by atoms with van der Waals surface area (Å²) < 4.78 is 0. The average Bonchev–Trinajstić information content (AvgIpc) is 2.36. The molecule has 0 radical (unpaired) electrons. The predicted octanol–water partition coefficient (Wildman–Crippen LogP) is 3.69. The molecule has 1 heterocycles. The number of anilines is 1. The second-order valence-corrected chi connectivity index (χ2v) is 5.96. The number of hydrogen-bond acceptors (Lipinski definition) is 3. The van der Waals surface area contributed by atoms with Crippen molar-refractivity contribution < 1.29 is 9.59 Å². The molecule has 0 saturated carbocycles. The Labute approximate surface area is 122 Å². The maximum Gasteiger partial charge on any atom is 0.229 e. The van der Waals surface area contributed by atoms with Gasteiger partial charge in [-0.05, 0) is 18.2 Å². The number of benzene rings is 1. The van der Waals surface area contributed by atoms with E-state index >= 15 is 0 Å². The average molecular weight is 291 g/mol. The molecule has 1 N–H and O–H groups in total. The van der Waals surface area contributed by atoms with E-state index in [9.17, 15) is 9.59 Å². The van der Waals surface area contributed by atoms with E-state index < -0.39 is 5.41 Å². The van der Waals surface area contributed by atoms with Crippen molar-refractivity contribution in [2.45, 2.75) is 20.8 Å². The second-order valence-electron chi connectivity index (χ2n) is 5.60. The molecule has 4 nitrogen and oxygen atoms in total. The van der Waals surface area contributed by atoms with Crippen molar-refractivity contribution >= 4 is 40.4 Å². The number of halogens is 1. The van der Waals surface area contributed by atoms with E-state index in [1.165, 1.54) is 0 Å². The van der Waals surface area contributed by atoms with E-state index in [1.54, 1.807) is 24.3 Å². The van der Waals surface area contributed by atoms with Gasteiger partial charge in [-0.25, -0.2) is 4.98 Å². The van der Waals surface area contributed by atoms with Gasteiger partial charge < -0.3 is 5.32 Å². The Bertz CT molecular complexity index is 690. The maximum absolute atomic E-state index is 11.9. The Kier molecular flexibility index (Phi) is 3.77. The minimum absolute atomic E-state index is 0.0764. The lowest BCUT2D eigenvalue weighted by Crippen LogP contribution is -2.27. The monoisotopic (exact) mass is 290 g/mol. The molecule has 20 heavy (non-hydrogen) atoms. The highest BCUT2D eigenvalue weighted by Gasteiger charge is 2.21. The molecule has 5 heteroatoms. The molecule has 0 aliphatic carbocycles. The van der Waals surface area contributed by atoms with Crippen molar-refractivity contribution in [3.8, 4) is 0 Å². The van der Waals surface area contributed by atoms with Gasteiger partial charge >= 0.3 is 0 Å². The minimum atomic E-state index is -0.471. The summed E-state index contributed by atoms with van der Waals surface area (Å²) in [5.74, 6) is -0.0764. The van der Waals surface area contributed by atoms with Crippen LogP contribution in [0.15, 0.2) is 24.3 Å². The Morgan fingerprint density at radius 2 is 2.00 bits per heavy atom. The van der Waals surface area contributed by atoms with Crippen LogP contribution in [-0.4, -0.2) is 17.2 Å². The number of aldehydes is 1. The van der Waals surface area contributed by atoms with Crippen molar-refractivity contribution in [1.29, 1.82) is 0 Å².